The number of benzene rings is 1. The minimum absolute atomic E-state index is 0.0284. The molecule has 1 aromatic carbocycles. The summed E-state index contributed by atoms with van der Waals surface area (Å²) in [6.07, 6.45) is 1.81. The molecule has 3 rings (SSSR count). The van der Waals surface area contributed by atoms with Crippen molar-refractivity contribution in [1.82, 2.24) is 15.0 Å². The number of ether oxygens (including phenoxy) is 1. The van der Waals surface area contributed by atoms with Gasteiger partial charge in [-0.2, -0.15) is 0 Å². The molecule has 0 spiro atoms. The molecule has 0 amide bonds. The molecule has 18 heavy (non-hydrogen) atoms. The molecule has 1 aliphatic rings. The van der Waals surface area contributed by atoms with Crippen molar-refractivity contribution in [1.29, 1.82) is 0 Å². The molecular weight excluding hydrogens is 253 g/mol. The number of hydrogen-bond acceptors (Lipinski definition) is 4. The summed E-state index contributed by atoms with van der Waals surface area (Å²) in [6.45, 7) is 1.13. The maximum Gasteiger partial charge on any atom is 0.148 e. The summed E-state index contributed by atoms with van der Waals surface area (Å²) in [5, 5.41) is 8.07. The zero-order valence-electron chi connectivity index (χ0n) is 9.62. The average molecular weight is 265 g/mol. The Hall–Kier alpha value is -1.40. The van der Waals surface area contributed by atoms with Crippen LogP contribution in [-0.4, -0.2) is 27.4 Å². The van der Waals surface area contributed by atoms with Crippen molar-refractivity contribution < 1.29 is 9.13 Å². The molecule has 0 saturated carbocycles. The van der Waals surface area contributed by atoms with E-state index >= 15 is 0 Å². The van der Waals surface area contributed by atoms with Crippen molar-refractivity contribution in [2.45, 2.75) is 12.0 Å². The number of aromatic nitrogens is 3. The molecule has 1 aliphatic heterocycles. The lowest BCUT2D eigenvalue weighted by atomic mass is 10.2. The minimum Gasteiger partial charge on any atom is -0.360 e. The van der Waals surface area contributed by atoms with E-state index in [0.717, 1.165) is 18.1 Å². The topological polar surface area (TPSA) is 39.9 Å². The molecule has 0 bridgehead atoms. The van der Waals surface area contributed by atoms with Crippen molar-refractivity contribution in [2.75, 3.05) is 12.4 Å². The van der Waals surface area contributed by atoms with Crippen molar-refractivity contribution in [3.8, 4) is 0 Å². The van der Waals surface area contributed by atoms with E-state index in [0.29, 0.717) is 12.1 Å². The Balaban J connectivity index is 1.75. The normalized spacial score (nSPS) is 19.3. The monoisotopic (exact) mass is 265 g/mol. The van der Waals surface area contributed by atoms with Gasteiger partial charge in [0.05, 0.1) is 19.3 Å². The summed E-state index contributed by atoms with van der Waals surface area (Å²) in [4.78, 5) is 0. The van der Waals surface area contributed by atoms with Gasteiger partial charge in [0.2, 0.25) is 0 Å². The third-order valence-corrected chi connectivity index (χ3v) is 3.79. The fraction of sp³-hybridized carbons (Fsp3) is 0.333. The maximum absolute atomic E-state index is 13.5. The second-order valence-electron chi connectivity index (χ2n) is 4.01. The van der Waals surface area contributed by atoms with Crippen LogP contribution >= 0.6 is 11.8 Å². The Bertz CT molecular complexity index is 540. The van der Waals surface area contributed by atoms with Gasteiger partial charge >= 0.3 is 0 Å². The Kier molecular flexibility index (Phi) is 3.29. The van der Waals surface area contributed by atoms with Gasteiger partial charge in [-0.05, 0) is 6.07 Å². The van der Waals surface area contributed by atoms with Crippen LogP contribution < -0.4 is 0 Å². The summed E-state index contributed by atoms with van der Waals surface area (Å²) in [6, 6.07) is 6.68. The summed E-state index contributed by atoms with van der Waals surface area (Å²) in [7, 11) is 0. The van der Waals surface area contributed by atoms with Gasteiger partial charge in [-0.1, -0.05) is 23.4 Å². The highest BCUT2D eigenvalue weighted by atomic mass is 32.2. The molecule has 2 heterocycles. The fourth-order valence-corrected chi connectivity index (χ4v) is 2.71. The Morgan fingerprint density at radius 1 is 1.44 bits per heavy atom. The zero-order chi connectivity index (χ0) is 12.4. The Labute approximate surface area is 108 Å². The molecule has 1 unspecified atom stereocenters. The smallest absolute Gasteiger partial charge is 0.148 e. The first-order valence-corrected chi connectivity index (χ1v) is 6.74. The van der Waals surface area contributed by atoms with E-state index < -0.39 is 0 Å². The van der Waals surface area contributed by atoms with Gasteiger partial charge in [0.1, 0.15) is 16.9 Å². The van der Waals surface area contributed by atoms with Crippen molar-refractivity contribution in [3.63, 3.8) is 0 Å². The minimum atomic E-state index is -0.221. The first kappa shape index (κ1) is 11.7. The van der Waals surface area contributed by atoms with Gasteiger partial charge in [0, 0.05) is 11.3 Å². The predicted octanol–water partition coefficient (Wildman–Crippen LogP) is 2.23. The molecule has 0 aliphatic carbocycles. The van der Waals surface area contributed by atoms with E-state index in [4.69, 9.17) is 4.74 Å². The molecule has 94 valence electrons. The second-order valence-corrected chi connectivity index (χ2v) is 5.18. The van der Waals surface area contributed by atoms with Gasteiger partial charge in [0.25, 0.3) is 0 Å². The van der Waals surface area contributed by atoms with Gasteiger partial charge in [-0.25, -0.2) is 9.07 Å². The number of halogens is 1. The number of nitrogens with zero attached hydrogens (tertiary/aromatic N) is 3. The number of hydrogen-bond donors (Lipinski definition) is 0. The lowest BCUT2D eigenvalue weighted by Crippen LogP contribution is -2.02. The number of thioether (sulfide) groups is 1. The molecule has 4 nitrogen and oxygen atoms in total. The summed E-state index contributed by atoms with van der Waals surface area (Å²) in [5.41, 5.74) is 1.38. The maximum atomic E-state index is 13.5. The molecule has 1 atom stereocenters. The first-order valence-electron chi connectivity index (χ1n) is 5.69. The van der Waals surface area contributed by atoms with E-state index in [1.807, 2.05) is 12.3 Å². The zero-order valence-corrected chi connectivity index (χ0v) is 10.4. The van der Waals surface area contributed by atoms with Crippen molar-refractivity contribution >= 4 is 11.8 Å². The molecule has 0 N–H and O–H groups in total. The van der Waals surface area contributed by atoms with E-state index in [-0.39, 0.29) is 11.3 Å². The first-order chi connectivity index (χ1) is 8.83. The standard InChI is InChI=1S/C12H12FN3OS/c13-10-4-2-1-3-9(10)7-16-8-11(14-15-16)12-17-5-6-18-12/h1-4,8,12H,5-7H2. The highest BCUT2D eigenvalue weighted by Gasteiger charge is 2.21. The molecule has 2 aromatic rings. The third kappa shape index (κ3) is 2.39. The van der Waals surface area contributed by atoms with Gasteiger partial charge in [-0.15, -0.1) is 16.9 Å². The molecule has 0 radical (unpaired) electrons. The molecular formula is C12H12FN3OS. The SMILES string of the molecule is Fc1ccccc1Cn1cc(C2OCCS2)nn1. The molecule has 1 aromatic heterocycles. The van der Waals surface area contributed by atoms with Gasteiger partial charge in [0.15, 0.2) is 0 Å². The second kappa shape index (κ2) is 5.07. The Morgan fingerprint density at radius 3 is 3.11 bits per heavy atom. The summed E-state index contributed by atoms with van der Waals surface area (Å²) >= 11 is 1.71. The van der Waals surface area contributed by atoms with Gasteiger partial charge in [-0.3, -0.25) is 0 Å². The third-order valence-electron chi connectivity index (χ3n) is 2.71. The lowest BCUT2D eigenvalue weighted by Gasteiger charge is -2.03. The van der Waals surface area contributed by atoms with Crippen LogP contribution in [0.15, 0.2) is 30.5 Å². The van der Waals surface area contributed by atoms with Crippen LogP contribution in [0, 0.1) is 5.82 Å². The molecule has 6 heteroatoms. The highest BCUT2D eigenvalue weighted by Crippen LogP contribution is 2.33. The lowest BCUT2D eigenvalue weighted by molar-refractivity contribution is 0.142. The van der Waals surface area contributed by atoms with Crippen molar-refractivity contribution in [2.24, 2.45) is 0 Å². The van der Waals surface area contributed by atoms with Crippen LogP contribution in [0.25, 0.3) is 0 Å². The van der Waals surface area contributed by atoms with E-state index in [2.05, 4.69) is 10.3 Å². The quantitative estimate of drug-likeness (QED) is 0.853. The number of rotatable bonds is 3. The van der Waals surface area contributed by atoms with Gasteiger partial charge < -0.3 is 4.74 Å². The van der Waals surface area contributed by atoms with Crippen LogP contribution in [-0.2, 0) is 11.3 Å². The van der Waals surface area contributed by atoms with Crippen molar-refractivity contribution in [3.05, 3.63) is 47.5 Å². The summed E-state index contributed by atoms with van der Waals surface area (Å²) < 4.78 is 20.6. The largest absolute Gasteiger partial charge is 0.360 e. The van der Waals surface area contributed by atoms with Crippen LogP contribution in [0.2, 0.25) is 0 Å². The van der Waals surface area contributed by atoms with Crippen LogP contribution in [0.1, 0.15) is 16.7 Å². The summed E-state index contributed by atoms with van der Waals surface area (Å²) in [5.74, 6) is 0.756. The molecule has 1 fully saturated rings. The van der Waals surface area contributed by atoms with E-state index in [1.165, 1.54) is 6.07 Å². The fourth-order valence-electron chi connectivity index (χ4n) is 1.83. The Morgan fingerprint density at radius 2 is 2.33 bits per heavy atom. The average Bonchev–Trinajstić information content (AvgIpc) is 3.02. The highest BCUT2D eigenvalue weighted by molar-refractivity contribution is 7.99. The predicted molar refractivity (Wildman–Crippen MR) is 66.7 cm³/mol. The van der Waals surface area contributed by atoms with E-state index in [1.54, 1.807) is 28.6 Å². The van der Waals surface area contributed by atoms with E-state index in [9.17, 15) is 4.39 Å². The van der Waals surface area contributed by atoms with Crippen LogP contribution in [0.5, 0.6) is 0 Å². The molecule has 1 saturated heterocycles. The van der Waals surface area contributed by atoms with Crippen LogP contribution in [0.3, 0.4) is 0 Å². The van der Waals surface area contributed by atoms with Crippen LogP contribution in [0.4, 0.5) is 4.39 Å².